The van der Waals surface area contributed by atoms with E-state index >= 15 is 0 Å². The highest BCUT2D eigenvalue weighted by Gasteiger charge is 2.25. The number of benzene rings is 1. The molecule has 112 valence electrons. The molecule has 1 unspecified atom stereocenters. The highest BCUT2D eigenvalue weighted by atomic mass is 32.2. The van der Waals surface area contributed by atoms with Gasteiger partial charge in [0.2, 0.25) is 0 Å². The van der Waals surface area contributed by atoms with Gasteiger partial charge in [0.1, 0.15) is 0 Å². The van der Waals surface area contributed by atoms with E-state index in [1.807, 2.05) is 41.8 Å². The average molecular weight is 303 g/mol. The Morgan fingerprint density at radius 1 is 1.29 bits per heavy atom. The first-order chi connectivity index (χ1) is 10.3. The zero-order chi connectivity index (χ0) is 14.7. The molecule has 0 aliphatic carbocycles. The van der Waals surface area contributed by atoms with Crippen LogP contribution in [0, 0.1) is 0 Å². The summed E-state index contributed by atoms with van der Waals surface area (Å²) >= 11 is 2.02. The quantitative estimate of drug-likeness (QED) is 0.940. The van der Waals surface area contributed by atoms with E-state index in [4.69, 9.17) is 5.11 Å². The van der Waals surface area contributed by atoms with Crippen LogP contribution in [0.5, 0.6) is 0 Å². The van der Waals surface area contributed by atoms with Gasteiger partial charge in [-0.1, -0.05) is 24.3 Å². The fraction of sp³-hybridized carbons (Fsp3) is 0.438. The first kappa shape index (κ1) is 14.6. The fourth-order valence-corrected chi connectivity index (χ4v) is 3.89. The van der Waals surface area contributed by atoms with Gasteiger partial charge in [-0.15, -0.1) is 0 Å². The van der Waals surface area contributed by atoms with E-state index < -0.39 is 0 Å². The molecule has 0 amide bonds. The van der Waals surface area contributed by atoms with Crippen LogP contribution in [0.15, 0.2) is 36.7 Å². The average Bonchev–Trinajstić information content (AvgIpc) is 2.95. The summed E-state index contributed by atoms with van der Waals surface area (Å²) in [6.07, 6.45) is 4.11. The lowest BCUT2D eigenvalue weighted by atomic mass is 10.1. The Morgan fingerprint density at radius 2 is 2.05 bits per heavy atom. The van der Waals surface area contributed by atoms with E-state index in [2.05, 4.69) is 28.3 Å². The molecule has 1 aromatic heterocycles. The van der Waals surface area contributed by atoms with Crippen molar-refractivity contribution in [2.24, 2.45) is 7.05 Å². The first-order valence-corrected chi connectivity index (χ1v) is 8.41. The van der Waals surface area contributed by atoms with E-state index in [1.54, 1.807) is 0 Å². The number of aliphatic hydroxyl groups excluding tert-OH is 1. The molecule has 1 N–H and O–H groups in total. The summed E-state index contributed by atoms with van der Waals surface area (Å²) in [5.41, 5.74) is 3.57. The molecule has 1 atom stereocenters. The second-order valence-corrected chi connectivity index (χ2v) is 6.63. The van der Waals surface area contributed by atoms with Crippen LogP contribution < -0.4 is 0 Å². The van der Waals surface area contributed by atoms with E-state index in [9.17, 15) is 0 Å². The lowest BCUT2D eigenvalue weighted by Gasteiger charge is -2.35. The van der Waals surface area contributed by atoms with Gasteiger partial charge in [0.25, 0.3) is 0 Å². The van der Waals surface area contributed by atoms with Crippen molar-refractivity contribution in [1.29, 1.82) is 0 Å². The molecule has 2 heterocycles. The number of thioether (sulfide) groups is 1. The fourth-order valence-electron chi connectivity index (χ4n) is 2.73. The summed E-state index contributed by atoms with van der Waals surface area (Å²) in [5, 5.41) is 13.4. The van der Waals surface area contributed by atoms with Gasteiger partial charge >= 0.3 is 0 Å². The second kappa shape index (κ2) is 6.64. The maximum absolute atomic E-state index is 9.12. The normalized spacial score (nSPS) is 19.8. The molecule has 1 fully saturated rings. The zero-order valence-corrected chi connectivity index (χ0v) is 13.1. The number of hydrogen-bond acceptors (Lipinski definition) is 4. The van der Waals surface area contributed by atoms with Crippen LogP contribution in [0.1, 0.15) is 22.7 Å². The van der Waals surface area contributed by atoms with Crippen molar-refractivity contribution in [3.8, 4) is 0 Å². The van der Waals surface area contributed by atoms with Crippen molar-refractivity contribution in [2.45, 2.75) is 19.2 Å². The number of nitrogens with zero attached hydrogens (tertiary/aromatic N) is 3. The van der Waals surface area contributed by atoms with Crippen LogP contribution >= 0.6 is 11.8 Å². The first-order valence-electron chi connectivity index (χ1n) is 7.25. The van der Waals surface area contributed by atoms with Crippen LogP contribution in [0.4, 0.5) is 0 Å². The molecule has 1 saturated heterocycles. The largest absolute Gasteiger partial charge is 0.392 e. The molecule has 5 heteroatoms. The molecule has 0 bridgehead atoms. The van der Waals surface area contributed by atoms with Gasteiger partial charge < -0.3 is 5.11 Å². The highest BCUT2D eigenvalue weighted by molar-refractivity contribution is 7.99. The van der Waals surface area contributed by atoms with E-state index in [0.29, 0.717) is 6.04 Å². The smallest absolute Gasteiger partial charge is 0.0681 e. The molecular formula is C16H21N3OS. The predicted octanol–water partition coefficient (Wildman–Crippen LogP) is 2.20. The number of aliphatic hydroxyl groups is 1. The lowest BCUT2D eigenvalue weighted by Crippen LogP contribution is -2.35. The van der Waals surface area contributed by atoms with E-state index in [-0.39, 0.29) is 6.61 Å². The van der Waals surface area contributed by atoms with E-state index in [0.717, 1.165) is 24.4 Å². The molecular weight excluding hydrogens is 282 g/mol. The molecule has 1 aromatic carbocycles. The molecule has 2 aromatic rings. The monoisotopic (exact) mass is 303 g/mol. The SMILES string of the molecule is Cn1cc(C2CSCCN2Cc2ccc(CO)cc2)cn1. The standard InChI is InChI=1S/C16H21N3OS/c1-18-10-15(8-17-18)16-12-21-7-6-19(16)9-13-2-4-14(11-20)5-3-13/h2-5,8,10,16,20H,6-7,9,11-12H2,1H3. The highest BCUT2D eigenvalue weighted by Crippen LogP contribution is 2.30. The van der Waals surface area contributed by atoms with Crippen molar-refractivity contribution in [3.63, 3.8) is 0 Å². The summed E-state index contributed by atoms with van der Waals surface area (Å²) in [7, 11) is 1.97. The van der Waals surface area contributed by atoms with Gasteiger partial charge in [-0.25, -0.2) is 0 Å². The van der Waals surface area contributed by atoms with Crippen molar-refractivity contribution in [1.82, 2.24) is 14.7 Å². The van der Waals surface area contributed by atoms with Gasteiger partial charge in [-0.3, -0.25) is 9.58 Å². The van der Waals surface area contributed by atoms with Crippen LogP contribution in [-0.2, 0) is 20.2 Å². The van der Waals surface area contributed by atoms with Gasteiger partial charge in [0.05, 0.1) is 12.8 Å². The second-order valence-electron chi connectivity index (χ2n) is 5.48. The maximum atomic E-state index is 9.12. The van der Waals surface area contributed by atoms with E-state index in [1.165, 1.54) is 16.9 Å². The topological polar surface area (TPSA) is 41.3 Å². The molecule has 1 aliphatic rings. The van der Waals surface area contributed by atoms with Crippen LogP contribution in [0.3, 0.4) is 0 Å². The summed E-state index contributed by atoms with van der Waals surface area (Å²) in [5.74, 6) is 2.31. The van der Waals surface area contributed by atoms with Crippen molar-refractivity contribution in [2.75, 3.05) is 18.1 Å². The molecule has 0 spiro atoms. The molecule has 3 rings (SSSR count). The third-order valence-electron chi connectivity index (χ3n) is 3.94. The summed E-state index contributed by atoms with van der Waals surface area (Å²) in [4.78, 5) is 2.53. The van der Waals surface area contributed by atoms with Gasteiger partial charge in [0.15, 0.2) is 0 Å². The minimum Gasteiger partial charge on any atom is -0.392 e. The minimum absolute atomic E-state index is 0.110. The number of rotatable bonds is 4. The number of aromatic nitrogens is 2. The van der Waals surface area contributed by atoms with Crippen LogP contribution in [0.2, 0.25) is 0 Å². The summed E-state index contributed by atoms with van der Waals surface area (Å²) in [6.45, 7) is 2.16. The van der Waals surface area contributed by atoms with Gasteiger partial charge in [-0.05, 0) is 11.1 Å². The Labute approximate surface area is 129 Å². The summed E-state index contributed by atoms with van der Waals surface area (Å²) < 4.78 is 1.88. The van der Waals surface area contributed by atoms with Crippen LogP contribution in [0.25, 0.3) is 0 Å². The molecule has 0 radical (unpaired) electrons. The summed E-state index contributed by atoms with van der Waals surface area (Å²) in [6, 6.07) is 8.69. The molecule has 1 aliphatic heterocycles. The zero-order valence-electron chi connectivity index (χ0n) is 12.3. The molecule has 4 nitrogen and oxygen atoms in total. The number of hydrogen-bond donors (Lipinski definition) is 1. The Bertz CT molecular complexity index is 581. The predicted molar refractivity (Wildman–Crippen MR) is 86.0 cm³/mol. The maximum Gasteiger partial charge on any atom is 0.0681 e. The van der Waals surface area contributed by atoms with Gasteiger partial charge in [0, 0.05) is 49.4 Å². The van der Waals surface area contributed by atoms with Crippen molar-refractivity contribution >= 4 is 11.8 Å². The Balaban J connectivity index is 1.74. The third kappa shape index (κ3) is 3.48. The van der Waals surface area contributed by atoms with Crippen molar-refractivity contribution in [3.05, 3.63) is 53.3 Å². The Hall–Kier alpha value is -1.30. The Kier molecular flexibility index (Phi) is 4.63. The molecule has 0 saturated carbocycles. The third-order valence-corrected chi connectivity index (χ3v) is 4.96. The van der Waals surface area contributed by atoms with Crippen molar-refractivity contribution < 1.29 is 5.11 Å². The number of aryl methyl sites for hydroxylation is 1. The Morgan fingerprint density at radius 3 is 2.71 bits per heavy atom. The van der Waals surface area contributed by atoms with Gasteiger partial charge in [-0.2, -0.15) is 16.9 Å². The van der Waals surface area contributed by atoms with Crippen LogP contribution in [-0.4, -0.2) is 37.8 Å². The molecule has 21 heavy (non-hydrogen) atoms. The lowest BCUT2D eigenvalue weighted by molar-refractivity contribution is 0.212. The minimum atomic E-state index is 0.110.